The highest BCUT2D eigenvalue weighted by Gasteiger charge is 2.41. The number of pyridine rings is 1. The standard InChI is InChI=1S/C35H34B2N/c1-23-13-11-14-24(2)34(23)36-29-17-7-8-18-30(29)37(35-25(3)15-12-16-26(35)4)32-22-28(27(5)21-31(32)36)33-19-9-10-20-38(33)6/h7-22H,1-6H3/q+1. The van der Waals surface area contributed by atoms with E-state index in [9.17, 15) is 0 Å². The average molecular weight is 490 g/mol. The van der Waals surface area contributed by atoms with Crippen LogP contribution in [0.1, 0.15) is 27.8 Å². The lowest BCUT2D eigenvalue weighted by atomic mass is 9.20. The van der Waals surface area contributed by atoms with E-state index in [4.69, 9.17) is 0 Å². The van der Waals surface area contributed by atoms with Crippen molar-refractivity contribution in [2.45, 2.75) is 34.6 Å². The van der Waals surface area contributed by atoms with Crippen molar-refractivity contribution in [1.29, 1.82) is 0 Å². The van der Waals surface area contributed by atoms with Gasteiger partial charge in [0.2, 0.25) is 19.1 Å². The number of hydrogen-bond acceptors (Lipinski definition) is 0. The lowest BCUT2D eigenvalue weighted by Crippen LogP contribution is -2.76. The normalized spacial score (nSPS) is 12.4. The van der Waals surface area contributed by atoms with E-state index < -0.39 is 0 Å². The van der Waals surface area contributed by atoms with Crippen LogP contribution in [0, 0.1) is 34.6 Å². The first-order valence-electron chi connectivity index (χ1n) is 13.7. The van der Waals surface area contributed by atoms with Crippen LogP contribution in [-0.4, -0.2) is 13.4 Å². The topological polar surface area (TPSA) is 3.88 Å². The molecule has 38 heavy (non-hydrogen) atoms. The third-order valence-corrected chi connectivity index (χ3v) is 8.66. The molecular weight excluding hydrogens is 456 g/mol. The monoisotopic (exact) mass is 490 g/mol. The van der Waals surface area contributed by atoms with Crippen molar-refractivity contribution in [2.24, 2.45) is 7.05 Å². The minimum Gasteiger partial charge on any atom is -0.201 e. The van der Waals surface area contributed by atoms with Gasteiger partial charge in [0.25, 0.3) is 0 Å². The molecule has 184 valence electrons. The van der Waals surface area contributed by atoms with E-state index in [1.807, 2.05) is 0 Å². The molecule has 5 aromatic rings. The van der Waals surface area contributed by atoms with Crippen molar-refractivity contribution in [1.82, 2.24) is 0 Å². The van der Waals surface area contributed by atoms with Crippen molar-refractivity contribution in [3.63, 3.8) is 0 Å². The van der Waals surface area contributed by atoms with Crippen molar-refractivity contribution >= 4 is 46.2 Å². The van der Waals surface area contributed by atoms with E-state index >= 15 is 0 Å². The lowest BCUT2D eigenvalue weighted by Gasteiger charge is -2.35. The summed E-state index contributed by atoms with van der Waals surface area (Å²) in [6.45, 7) is 11.8. The van der Waals surface area contributed by atoms with Gasteiger partial charge in [-0.3, -0.25) is 0 Å². The fourth-order valence-electron chi connectivity index (χ4n) is 6.89. The third kappa shape index (κ3) is 3.84. The predicted molar refractivity (Wildman–Crippen MR) is 165 cm³/mol. The molecule has 0 atom stereocenters. The second kappa shape index (κ2) is 9.48. The number of hydrogen-bond donors (Lipinski definition) is 0. The Bertz CT molecular complexity index is 1660. The summed E-state index contributed by atoms with van der Waals surface area (Å²) in [7, 11) is 2.14. The number of nitrogens with zero attached hydrogens (tertiary/aromatic N) is 1. The molecular formula is C35H34B2N+. The van der Waals surface area contributed by atoms with Gasteiger partial charge in [0, 0.05) is 17.7 Å². The Morgan fingerprint density at radius 2 is 0.947 bits per heavy atom. The lowest BCUT2D eigenvalue weighted by molar-refractivity contribution is -0.660. The number of fused-ring (bicyclic) bond motifs is 2. The molecule has 0 unspecified atom stereocenters. The van der Waals surface area contributed by atoms with Crippen molar-refractivity contribution in [2.75, 3.05) is 0 Å². The van der Waals surface area contributed by atoms with E-state index in [1.165, 1.54) is 71.9 Å². The summed E-state index contributed by atoms with van der Waals surface area (Å²) in [6, 6.07) is 34.1. The highest BCUT2D eigenvalue weighted by molar-refractivity contribution is 7.11. The molecule has 0 radical (unpaired) electrons. The molecule has 4 aromatic carbocycles. The first kappa shape index (κ1) is 24.5. The van der Waals surface area contributed by atoms with Crippen molar-refractivity contribution in [3.05, 3.63) is 125 Å². The molecule has 3 heteroatoms. The van der Waals surface area contributed by atoms with E-state index in [0.29, 0.717) is 0 Å². The number of benzene rings is 4. The summed E-state index contributed by atoms with van der Waals surface area (Å²) >= 11 is 0. The highest BCUT2D eigenvalue weighted by Crippen LogP contribution is 2.20. The van der Waals surface area contributed by atoms with Gasteiger partial charge in [0.15, 0.2) is 6.20 Å². The SMILES string of the molecule is Cc1cc2c(cc1-c1cccc[n+]1C)B(c1c(C)cccc1C)c1ccccc1B2c1c(C)cccc1C. The zero-order valence-corrected chi connectivity index (χ0v) is 23.3. The molecule has 1 aliphatic rings. The predicted octanol–water partition coefficient (Wildman–Crippen LogP) is 3.07. The maximum Gasteiger partial charge on any atom is 0.240 e. The fourth-order valence-corrected chi connectivity index (χ4v) is 6.89. The van der Waals surface area contributed by atoms with Crippen LogP contribution < -0.4 is 37.3 Å². The molecule has 0 aliphatic carbocycles. The maximum absolute atomic E-state index is 2.51. The summed E-state index contributed by atoms with van der Waals surface area (Å²) in [5.41, 5.74) is 17.9. The largest absolute Gasteiger partial charge is 0.240 e. The van der Waals surface area contributed by atoms with Gasteiger partial charge in [-0.15, -0.1) is 0 Å². The summed E-state index contributed by atoms with van der Waals surface area (Å²) in [6.07, 6.45) is 2.14. The van der Waals surface area contributed by atoms with Gasteiger partial charge in [-0.25, -0.2) is 4.57 Å². The third-order valence-electron chi connectivity index (χ3n) is 8.66. The van der Waals surface area contributed by atoms with E-state index in [1.54, 1.807) is 0 Å². The van der Waals surface area contributed by atoms with Crippen LogP contribution in [0.5, 0.6) is 0 Å². The molecule has 0 N–H and O–H groups in total. The quantitative estimate of drug-likeness (QED) is 0.265. The van der Waals surface area contributed by atoms with E-state index in [2.05, 4.69) is 143 Å². The van der Waals surface area contributed by atoms with Crippen LogP contribution in [0.25, 0.3) is 11.3 Å². The van der Waals surface area contributed by atoms with Crippen molar-refractivity contribution < 1.29 is 4.57 Å². The highest BCUT2D eigenvalue weighted by atomic mass is 14.9. The molecule has 0 bridgehead atoms. The Morgan fingerprint density at radius 1 is 0.474 bits per heavy atom. The number of aryl methyl sites for hydroxylation is 6. The summed E-state index contributed by atoms with van der Waals surface area (Å²) in [4.78, 5) is 0. The Balaban J connectivity index is 1.74. The summed E-state index contributed by atoms with van der Waals surface area (Å²) < 4.78 is 2.24. The van der Waals surface area contributed by atoms with Gasteiger partial charge < -0.3 is 0 Å². The molecule has 0 saturated carbocycles. The Morgan fingerprint density at radius 3 is 1.45 bits per heavy atom. The minimum absolute atomic E-state index is 0.191. The second-order valence-corrected chi connectivity index (χ2v) is 11.1. The fraction of sp³-hybridized carbons (Fsp3) is 0.171. The van der Waals surface area contributed by atoms with Crippen molar-refractivity contribution in [3.8, 4) is 11.3 Å². The van der Waals surface area contributed by atoms with Crippen LogP contribution in [0.3, 0.4) is 0 Å². The second-order valence-electron chi connectivity index (χ2n) is 11.1. The summed E-state index contributed by atoms with van der Waals surface area (Å²) in [5.74, 6) is 0. The van der Waals surface area contributed by atoms with Crippen LogP contribution in [0.4, 0.5) is 0 Å². The first-order chi connectivity index (χ1) is 18.4. The molecule has 6 rings (SSSR count). The molecule has 1 aromatic heterocycles. The van der Waals surface area contributed by atoms with Gasteiger partial charge in [-0.1, -0.05) is 128 Å². The molecule has 0 fully saturated rings. The smallest absolute Gasteiger partial charge is 0.201 e. The van der Waals surface area contributed by atoms with Crippen LogP contribution in [0.2, 0.25) is 0 Å². The van der Waals surface area contributed by atoms with Crippen LogP contribution >= 0.6 is 0 Å². The Kier molecular flexibility index (Phi) is 6.11. The molecule has 0 amide bonds. The Labute approximate surface area is 228 Å². The van der Waals surface area contributed by atoms with Gasteiger partial charge >= 0.3 is 0 Å². The molecule has 1 nitrogen and oxygen atoms in total. The molecule has 1 aliphatic heterocycles. The van der Waals surface area contributed by atoms with Gasteiger partial charge in [-0.2, -0.15) is 0 Å². The van der Waals surface area contributed by atoms with Gasteiger partial charge in [0.05, 0.1) is 0 Å². The number of aromatic nitrogens is 1. The van der Waals surface area contributed by atoms with E-state index in [0.717, 1.165) is 0 Å². The molecule has 0 saturated heterocycles. The first-order valence-corrected chi connectivity index (χ1v) is 13.7. The average Bonchev–Trinajstić information content (AvgIpc) is 2.89. The maximum atomic E-state index is 2.51. The molecule has 2 heterocycles. The Hall–Kier alpha value is -3.84. The zero-order valence-electron chi connectivity index (χ0n) is 23.3. The number of rotatable bonds is 3. The zero-order chi connectivity index (χ0) is 26.6. The minimum atomic E-state index is 0.191. The van der Waals surface area contributed by atoms with Gasteiger partial charge in [-0.05, 0) is 46.2 Å². The molecule has 0 spiro atoms. The van der Waals surface area contributed by atoms with E-state index in [-0.39, 0.29) is 13.4 Å². The van der Waals surface area contributed by atoms with Crippen LogP contribution in [0.15, 0.2) is 97.2 Å². The van der Waals surface area contributed by atoms with Gasteiger partial charge in [0.1, 0.15) is 7.05 Å². The summed E-state index contributed by atoms with van der Waals surface area (Å²) in [5, 5.41) is 0. The van der Waals surface area contributed by atoms with Crippen LogP contribution in [-0.2, 0) is 7.05 Å².